The monoisotopic (exact) mass is 350 g/mol. The lowest BCUT2D eigenvalue weighted by atomic mass is 10.1. The molecule has 1 aliphatic heterocycles. The summed E-state index contributed by atoms with van der Waals surface area (Å²) in [7, 11) is 1.77. The van der Waals surface area contributed by atoms with Gasteiger partial charge in [0.1, 0.15) is 18.1 Å². The van der Waals surface area contributed by atoms with E-state index >= 15 is 0 Å². The molecule has 0 aliphatic carbocycles. The molecule has 3 heterocycles. The Kier molecular flexibility index (Phi) is 4.37. The highest BCUT2D eigenvalue weighted by Gasteiger charge is 2.29. The third kappa shape index (κ3) is 3.16. The average molecular weight is 350 g/mol. The molecule has 1 aliphatic rings. The van der Waals surface area contributed by atoms with Crippen molar-refractivity contribution in [1.29, 1.82) is 0 Å². The van der Waals surface area contributed by atoms with E-state index in [1.807, 2.05) is 35.0 Å². The minimum atomic E-state index is -0.217. The number of hydrogen-bond donors (Lipinski definition) is 0. The van der Waals surface area contributed by atoms with Gasteiger partial charge in [0.2, 0.25) is 5.91 Å². The van der Waals surface area contributed by atoms with Crippen LogP contribution in [0.15, 0.2) is 61.4 Å². The highest BCUT2D eigenvalue weighted by molar-refractivity contribution is 5.78. The zero-order valence-electron chi connectivity index (χ0n) is 14.3. The summed E-state index contributed by atoms with van der Waals surface area (Å²) in [5.74, 6) is 1.30. The lowest BCUT2D eigenvalue weighted by molar-refractivity contribution is -0.146. The van der Waals surface area contributed by atoms with Crippen LogP contribution in [-0.4, -0.2) is 45.6 Å². The number of morpholine rings is 1. The van der Waals surface area contributed by atoms with Gasteiger partial charge in [-0.05, 0) is 30.3 Å². The molecule has 132 valence electrons. The van der Waals surface area contributed by atoms with Crippen LogP contribution in [0.25, 0.3) is 5.69 Å². The number of amides is 1. The molecule has 0 saturated carbocycles. The molecule has 0 bridgehead atoms. The summed E-state index contributed by atoms with van der Waals surface area (Å²) in [5.41, 5.74) is 1.82. The Morgan fingerprint density at radius 2 is 2.00 bits per heavy atom. The van der Waals surface area contributed by atoms with E-state index in [-0.39, 0.29) is 18.6 Å². The van der Waals surface area contributed by atoms with Gasteiger partial charge in [0, 0.05) is 43.1 Å². The van der Waals surface area contributed by atoms with E-state index in [2.05, 4.69) is 9.97 Å². The fourth-order valence-corrected chi connectivity index (χ4v) is 2.91. The van der Waals surface area contributed by atoms with Crippen LogP contribution in [0.4, 0.5) is 0 Å². The highest BCUT2D eigenvalue weighted by Crippen LogP contribution is 2.33. The quantitative estimate of drug-likeness (QED) is 0.723. The summed E-state index contributed by atoms with van der Waals surface area (Å²) in [6.07, 6.45) is 8.75. The molecule has 1 atom stereocenters. The number of pyridine rings is 1. The Bertz CT molecular complexity index is 893. The van der Waals surface area contributed by atoms with Crippen molar-refractivity contribution in [2.24, 2.45) is 0 Å². The van der Waals surface area contributed by atoms with Gasteiger partial charge < -0.3 is 18.9 Å². The molecule has 0 N–H and O–H groups in total. The minimum Gasteiger partial charge on any atom is -0.457 e. The lowest BCUT2D eigenvalue weighted by Crippen LogP contribution is -2.41. The fraction of sp³-hybridized carbons (Fsp3) is 0.211. The lowest BCUT2D eigenvalue weighted by Gasteiger charge is -2.33. The second-order valence-electron chi connectivity index (χ2n) is 6.01. The maximum Gasteiger partial charge on any atom is 0.248 e. The molecule has 1 aromatic carbocycles. The van der Waals surface area contributed by atoms with Crippen LogP contribution in [-0.2, 0) is 9.53 Å². The summed E-state index contributed by atoms with van der Waals surface area (Å²) in [4.78, 5) is 21.8. The van der Waals surface area contributed by atoms with E-state index in [1.165, 1.54) is 0 Å². The second kappa shape index (κ2) is 6.97. The van der Waals surface area contributed by atoms with Crippen molar-refractivity contribution < 1.29 is 14.3 Å². The molecule has 2 aromatic heterocycles. The molecule has 1 unspecified atom stereocenters. The van der Waals surface area contributed by atoms with Crippen LogP contribution in [0.1, 0.15) is 11.6 Å². The molecule has 26 heavy (non-hydrogen) atoms. The number of nitrogens with zero attached hydrogens (tertiary/aromatic N) is 4. The Morgan fingerprint density at radius 3 is 2.77 bits per heavy atom. The van der Waals surface area contributed by atoms with Gasteiger partial charge in [-0.2, -0.15) is 0 Å². The minimum absolute atomic E-state index is 0.0549. The van der Waals surface area contributed by atoms with Gasteiger partial charge in [-0.3, -0.25) is 9.78 Å². The van der Waals surface area contributed by atoms with E-state index in [9.17, 15) is 4.79 Å². The number of carbonyl (C=O) groups is 1. The van der Waals surface area contributed by atoms with Crippen molar-refractivity contribution in [2.75, 3.05) is 20.3 Å². The average Bonchev–Trinajstić information content (AvgIpc) is 3.20. The molecule has 7 nitrogen and oxygen atoms in total. The van der Waals surface area contributed by atoms with E-state index < -0.39 is 0 Å². The van der Waals surface area contributed by atoms with Crippen LogP contribution in [0.3, 0.4) is 0 Å². The number of imidazole rings is 1. The van der Waals surface area contributed by atoms with Crippen molar-refractivity contribution in [3.05, 3.63) is 67.0 Å². The number of ether oxygens (including phenoxy) is 2. The first-order valence-corrected chi connectivity index (χ1v) is 8.26. The van der Waals surface area contributed by atoms with E-state index in [1.54, 1.807) is 42.9 Å². The maximum atomic E-state index is 11.9. The summed E-state index contributed by atoms with van der Waals surface area (Å²) in [6.45, 7) is 0.531. The molecular formula is C19H18N4O3. The number of benzene rings is 1. The molecular weight excluding hydrogens is 332 g/mol. The molecule has 1 amide bonds. The van der Waals surface area contributed by atoms with Crippen LogP contribution < -0.4 is 4.74 Å². The number of aromatic nitrogens is 3. The normalized spacial score (nSPS) is 17.3. The van der Waals surface area contributed by atoms with Gasteiger partial charge in [-0.15, -0.1) is 0 Å². The topological polar surface area (TPSA) is 69.5 Å². The number of rotatable bonds is 4. The Labute approximate surface area is 150 Å². The van der Waals surface area contributed by atoms with Gasteiger partial charge in [0.15, 0.2) is 0 Å². The third-order valence-corrected chi connectivity index (χ3v) is 4.40. The summed E-state index contributed by atoms with van der Waals surface area (Å²) in [6, 6.07) is 9.28. The first kappa shape index (κ1) is 16.3. The fourth-order valence-electron chi connectivity index (χ4n) is 2.91. The maximum absolute atomic E-state index is 11.9. The Balaban J connectivity index is 1.58. The van der Waals surface area contributed by atoms with Crippen molar-refractivity contribution in [2.45, 2.75) is 6.04 Å². The van der Waals surface area contributed by atoms with Gasteiger partial charge in [-0.1, -0.05) is 0 Å². The molecule has 7 heteroatoms. The SMILES string of the molecule is CN1C(=O)COCC1c1cnccc1Oc1ccc(-n2ccnc2)cc1. The molecule has 3 aromatic rings. The zero-order chi connectivity index (χ0) is 17.9. The molecule has 4 rings (SSSR count). The largest absolute Gasteiger partial charge is 0.457 e. The zero-order valence-corrected chi connectivity index (χ0v) is 14.3. The van der Waals surface area contributed by atoms with Crippen LogP contribution in [0, 0.1) is 0 Å². The first-order valence-electron chi connectivity index (χ1n) is 8.26. The van der Waals surface area contributed by atoms with Gasteiger partial charge in [0.25, 0.3) is 0 Å². The first-order chi connectivity index (χ1) is 12.7. The van der Waals surface area contributed by atoms with Crippen LogP contribution in [0.5, 0.6) is 11.5 Å². The molecule has 1 saturated heterocycles. The third-order valence-electron chi connectivity index (χ3n) is 4.40. The number of hydrogen-bond acceptors (Lipinski definition) is 5. The number of carbonyl (C=O) groups excluding carboxylic acids is 1. The van der Waals surface area contributed by atoms with E-state index in [0.29, 0.717) is 18.1 Å². The van der Waals surface area contributed by atoms with Crippen LogP contribution in [0.2, 0.25) is 0 Å². The second-order valence-corrected chi connectivity index (χ2v) is 6.01. The summed E-state index contributed by atoms with van der Waals surface area (Å²) >= 11 is 0. The van der Waals surface area contributed by atoms with E-state index in [0.717, 1.165) is 11.3 Å². The molecule has 0 spiro atoms. The van der Waals surface area contributed by atoms with Gasteiger partial charge in [0.05, 0.1) is 19.0 Å². The van der Waals surface area contributed by atoms with Crippen molar-refractivity contribution in [1.82, 2.24) is 19.4 Å². The van der Waals surface area contributed by atoms with Crippen molar-refractivity contribution in [3.63, 3.8) is 0 Å². The van der Waals surface area contributed by atoms with Crippen molar-refractivity contribution in [3.8, 4) is 17.2 Å². The Hall–Kier alpha value is -3.19. The smallest absolute Gasteiger partial charge is 0.248 e. The van der Waals surface area contributed by atoms with Crippen molar-refractivity contribution >= 4 is 5.91 Å². The van der Waals surface area contributed by atoms with Gasteiger partial charge in [-0.25, -0.2) is 4.98 Å². The predicted molar refractivity (Wildman–Crippen MR) is 94.2 cm³/mol. The molecule has 1 fully saturated rings. The summed E-state index contributed by atoms with van der Waals surface area (Å²) < 4.78 is 13.4. The predicted octanol–water partition coefficient (Wildman–Crippen LogP) is 2.59. The van der Waals surface area contributed by atoms with E-state index in [4.69, 9.17) is 9.47 Å². The summed E-state index contributed by atoms with van der Waals surface area (Å²) in [5, 5.41) is 0. The molecule has 0 radical (unpaired) electrons. The standard InChI is InChI=1S/C19H18N4O3/c1-22-17(11-25-12-19(22)24)16-10-20-7-6-18(16)26-15-4-2-14(3-5-15)23-9-8-21-13-23/h2-10,13,17H,11-12H2,1H3. The number of likely N-dealkylation sites (N-methyl/N-ethyl adjacent to an activating group) is 1. The highest BCUT2D eigenvalue weighted by atomic mass is 16.5. The Morgan fingerprint density at radius 1 is 1.15 bits per heavy atom. The van der Waals surface area contributed by atoms with Gasteiger partial charge >= 0.3 is 0 Å². The van der Waals surface area contributed by atoms with Crippen LogP contribution >= 0.6 is 0 Å².